The van der Waals surface area contributed by atoms with E-state index in [1.807, 2.05) is 37.3 Å². The Hall–Kier alpha value is -0.830. The van der Waals surface area contributed by atoms with Gasteiger partial charge in [-0.15, -0.1) is 0 Å². The summed E-state index contributed by atoms with van der Waals surface area (Å²) < 4.78 is 1.24. The molecule has 72 valence electrons. The van der Waals surface area contributed by atoms with Crippen molar-refractivity contribution < 1.29 is 0 Å². The average molecular weight is 296 g/mol. The normalized spacial score (nSPS) is 12.7. The summed E-state index contributed by atoms with van der Waals surface area (Å²) in [4.78, 5) is 0. The summed E-state index contributed by atoms with van der Waals surface area (Å²) in [5.74, 6) is 0. The Morgan fingerprint density at radius 2 is 1.93 bits per heavy atom. The fourth-order valence-corrected chi connectivity index (χ4v) is 1.70. The van der Waals surface area contributed by atoms with Gasteiger partial charge in [-0.25, -0.2) is 0 Å². The summed E-state index contributed by atoms with van der Waals surface area (Å²) >= 11 is 2.34. The van der Waals surface area contributed by atoms with E-state index in [1.165, 1.54) is 14.7 Å². The number of rotatable bonds is 3. The highest BCUT2D eigenvalue weighted by molar-refractivity contribution is 14.1. The Bertz CT molecular complexity index is 358. The molecule has 0 saturated carbocycles. The molecule has 1 aromatic rings. The summed E-state index contributed by atoms with van der Waals surface area (Å²) in [6, 6.07) is 10.3. The molecule has 1 rings (SSSR count). The molecule has 0 aliphatic carbocycles. The highest BCUT2D eigenvalue weighted by atomic mass is 127. The van der Waals surface area contributed by atoms with E-state index in [-0.39, 0.29) is 0 Å². The van der Waals surface area contributed by atoms with Crippen molar-refractivity contribution in [2.75, 3.05) is 0 Å². The van der Waals surface area contributed by atoms with Gasteiger partial charge in [0.2, 0.25) is 0 Å². The Kier molecular flexibility index (Phi) is 4.66. The lowest BCUT2D eigenvalue weighted by atomic mass is 10.1. The van der Waals surface area contributed by atoms with Gasteiger partial charge in [0.1, 0.15) is 0 Å². The van der Waals surface area contributed by atoms with Crippen LogP contribution in [0.1, 0.15) is 12.5 Å². The molecule has 14 heavy (non-hydrogen) atoms. The fraction of sp³-hybridized carbons (Fsp3) is 0.0769. The van der Waals surface area contributed by atoms with Gasteiger partial charge >= 0.3 is 0 Å². The molecular formula is C13H13I. The highest BCUT2D eigenvalue weighted by Gasteiger charge is 2.01. The number of hydrogen-bond acceptors (Lipinski definition) is 0. The minimum atomic E-state index is 1.23. The van der Waals surface area contributed by atoms with E-state index < -0.39 is 0 Å². The molecule has 0 heterocycles. The van der Waals surface area contributed by atoms with Crippen LogP contribution < -0.4 is 0 Å². The average Bonchev–Trinajstić information content (AvgIpc) is 2.26. The van der Waals surface area contributed by atoms with Crippen LogP contribution in [0, 0.1) is 0 Å². The number of hydrogen-bond donors (Lipinski definition) is 0. The van der Waals surface area contributed by atoms with E-state index in [4.69, 9.17) is 0 Å². The summed E-state index contributed by atoms with van der Waals surface area (Å²) in [6.07, 6.45) is 5.96. The van der Waals surface area contributed by atoms with E-state index in [2.05, 4.69) is 47.4 Å². The van der Waals surface area contributed by atoms with Crippen molar-refractivity contribution in [3.05, 3.63) is 64.3 Å². The second-order valence-corrected chi connectivity index (χ2v) is 3.98. The van der Waals surface area contributed by atoms with Crippen LogP contribution in [-0.4, -0.2) is 0 Å². The SMILES string of the molecule is C=C/C=C(\C(I)=C/C)c1ccccc1. The molecule has 0 saturated heterocycles. The Balaban J connectivity index is 3.14. The highest BCUT2D eigenvalue weighted by Crippen LogP contribution is 2.27. The third-order valence-corrected chi connectivity index (χ3v) is 3.08. The zero-order valence-corrected chi connectivity index (χ0v) is 10.4. The fourth-order valence-electron chi connectivity index (χ4n) is 1.20. The van der Waals surface area contributed by atoms with Crippen LogP contribution in [0.2, 0.25) is 0 Å². The first-order chi connectivity index (χ1) is 6.79. The van der Waals surface area contributed by atoms with Gasteiger partial charge in [0.15, 0.2) is 0 Å². The first kappa shape index (κ1) is 11.2. The van der Waals surface area contributed by atoms with Crippen molar-refractivity contribution in [3.63, 3.8) is 0 Å². The van der Waals surface area contributed by atoms with E-state index >= 15 is 0 Å². The Morgan fingerprint density at radius 3 is 2.43 bits per heavy atom. The molecule has 0 aliphatic heterocycles. The van der Waals surface area contributed by atoms with Gasteiger partial charge in [0, 0.05) is 3.58 Å². The lowest BCUT2D eigenvalue weighted by Gasteiger charge is -2.05. The van der Waals surface area contributed by atoms with Gasteiger partial charge in [-0.05, 0) is 40.7 Å². The van der Waals surface area contributed by atoms with Crippen LogP contribution in [0.15, 0.2) is 58.7 Å². The molecule has 1 aromatic carbocycles. The smallest absolute Gasteiger partial charge is 0.0166 e. The van der Waals surface area contributed by atoms with E-state index in [1.54, 1.807) is 0 Å². The molecule has 1 heteroatoms. The van der Waals surface area contributed by atoms with Gasteiger partial charge in [-0.2, -0.15) is 0 Å². The van der Waals surface area contributed by atoms with Gasteiger partial charge in [-0.1, -0.05) is 55.1 Å². The molecule has 0 atom stereocenters. The van der Waals surface area contributed by atoms with Crippen molar-refractivity contribution in [2.45, 2.75) is 6.92 Å². The van der Waals surface area contributed by atoms with Crippen LogP contribution >= 0.6 is 22.6 Å². The van der Waals surface area contributed by atoms with Crippen molar-refractivity contribution in [3.8, 4) is 0 Å². The quantitative estimate of drug-likeness (QED) is 0.565. The lowest BCUT2D eigenvalue weighted by molar-refractivity contribution is 1.60. The van der Waals surface area contributed by atoms with Gasteiger partial charge in [0.05, 0.1) is 0 Å². The molecule has 0 nitrogen and oxygen atoms in total. The molecule has 0 bridgehead atoms. The van der Waals surface area contributed by atoms with E-state index in [0.717, 1.165) is 0 Å². The molecule has 0 aromatic heterocycles. The third kappa shape index (κ3) is 2.84. The molecule has 0 amide bonds. The third-order valence-electron chi connectivity index (χ3n) is 1.88. The number of halogens is 1. The second kappa shape index (κ2) is 5.81. The first-order valence-electron chi connectivity index (χ1n) is 4.50. The monoisotopic (exact) mass is 296 g/mol. The zero-order valence-electron chi connectivity index (χ0n) is 8.20. The van der Waals surface area contributed by atoms with Crippen molar-refractivity contribution in [2.24, 2.45) is 0 Å². The van der Waals surface area contributed by atoms with Crippen LogP contribution in [0.4, 0.5) is 0 Å². The minimum Gasteiger partial charge on any atom is -0.0990 e. The van der Waals surface area contributed by atoms with Crippen molar-refractivity contribution in [1.29, 1.82) is 0 Å². The van der Waals surface area contributed by atoms with E-state index in [9.17, 15) is 0 Å². The standard InChI is InChI=1S/C13H13I/c1-3-8-12(13(14)4-2)11-9-6-5-7-10-11/h3-10H,1H2,2H3/b12-8-,13-4+. The van der Waals surface area contributed by atoms with Crippen molar-refractivity contribution in [1.82, 2.24) is 0 Å². The minimum absolute atomic E-state index is 1.23. The predicted molar refractivity (Wildman–Crippen MR) is 72.4 cm³/mol. The van der Waals surface area contributed by atoms with Gasteiger partial charge < -0.3 is 0 Å². The predicted octanol–water partition coefficient (Wildman–Crippen LogP) is 4.59. The lowest BCUT2D eigenvalue weighted by Crippen LogP contribution is -1.82. The molecule has 0 fully saturated rings. The summed E-state index contributed by atoms with van der Waals surface area (Å²) in [7, 11) is 0. The Morgan fingerprint density at radius 1 is 1.29 bits per heavy atom. The molecular weight excluding hydrogens is 283 g/mol. The molecule has 0 N–H and O–H groups in total. The topological polar surface area (TPSA) is 0 Å². The van der Waals surface area contributed by atoms with Crippen LogP contribution in [0.3, 0.4) is 0 Å². The van der Waals surface area contributed by atoms with Crippen LogP contribution in [0.5, 0.6) is 0 Å². The van der Waals surface area contributed by atoms with Crippen LogP contribution in [-0.2, 0) is 0 Å². The van der Waals surface area contributed by atoms with E-state index in [0.29, 0.717) is 0 Å². The summed E-state index contributed by atoms with van der Waals surface area (Å²) in [6.45, 7) is 5.78. The molecule has 0 radical (unpaired) electrons. The zero-order chi connectivity index (χ0) is 10.4. The maximum Gasteiger partial charge on any atom is 0.0166 e. The molecule has 0 unspecified atom stereocenters. The maximum atomic E-state index is 3.74. The number of allylic oxidation sites excluding steroid dienone is 5. The maximum absolute atomic E-state index is 3.74. The summed E-state index contributed by atoms with van der Waals surface area (Å²) in [5, 5.41) is 0. The largest absolute Gasteiger partial charge is 0.0990 e. The molecule has 0 aliphatic rings. The van der Waals surface area contributed by atoms with Gasteiger partial charge in [-0.3, -0.25) is 0 Å². The van der Waals surface area contributed by atoms with Gasteiger partial charge in [0.25, 0.3) is 0 Å². The van der Waals surface area contributed by atoms with Crippen molar-refractivity contribution >= 4 is 28.2 Å². The number of benzene rings is 1. The Labute approximate surface area is 99.2 Å². The first-order valence-corrected chi connectivity index (χ1v) is 5.57. The van der Waals surface area contributed by atoms with Crippen LogP contribution in [0.25, 0.3) is 5.57 Å². The second-order valence-electron chi connectivity index (χ2n) is 2.82. The summed E-state index contributed by atoms with van der Waals surface area (Å²) in [5.41, 5.74) is 2.46. The molecule has 0 spiro atoms.